The molecule has 1 saturated heterocycles. The molecule has 1 fully saturated rings. The van der Waals surface area contributed by atoms with Gasteiger partial charge in [-0.3, -0.25) is 9.69 Å². The van der Waals surface area contributed by atoms with E-state index in [0.717, 1.165) is 29.6 Å². The van der Waals surface area contributed by atoms with E-state index >= 15 is 0 Å². The number of nitrogens with zero attached hydrogens (tertiary/aromatic N) is 2. The quantitative estimate of drug-likeness (QED) is 0.586. The fraction of sp³-hybridized carbons (Fsp3) is 0.348. The number of hydrogen-bond acceptors (Lipinski definition) is 3. The summed E-state index contributed by atoms with van der Waals surface area (Å²) >= 11 is 6.20. The first-order valence-electron chi connectivity index (χ1n) is 9.81. The van der Waals surface area contributed by atoms with Crippen LogP contribution in [0.5, 0.6) is 0 Å². The lowest BCUT2D eigenvalue weighted by molar-refractivity contribution is 0.0269. The van der Waals surface area contributed by atoms with Crippen molar-refractivity contribution in [3.05, 3.63) is 70.2 Å². The normalized spacial score (nSPS) is 20.4. The molecule has 0 aliphatic carbocycles. The van der Waals surface area contributed by atoms with E-state index in [1.165, 1.54) is 12.1 Å². The number of rotatable bonds is 3. The van der Waals surface area contributed by atoms with E-state index in [4.69, 9.17) is 16.0 Å². The van der Waals surface area contributed by atoms with E-state index in [-0.39, 0.29) is 23.8 Å². The Balaban J connectivity index is 1.49. The molecule has 6 heteroatoms. The largest absolute Gasteiger partial charge is 0.451 e. The second kappa shape index (κ2) is 7.81. The Labute approximate surface area is 174 Å². The molecule has 0 radical (unpaired) electrons. The summed E-state index contributed by atoms with van der Waals surface area (Å²) < 4.78 is 19.0. The minimum Gasteiger partial charge on any atom is -0.451 e. The van der Waals surface area contributed by atoms with Gasteiger partial charge >= 0.3 is 0 Å². The van der Waals surface area contributed by atoms with Gasteiger partial charge in [-0.15, -0.1) is 0 Å². The Hall–Kier alpha value is -2.37. The summed E-state index contributed by atoms with van der Waals surface area (Å²) in [7, 11) is 0. The molecule has 4 rings (SSSR count). The zero-order valence-corrected chi connectivity index (χ0v) is 17.5. The molecule has 4 nitrogen and oxygen atoms in total. The summed E-state index contributed by atoms with van der Waals surface area (Å²) in [6.45, 7) is 8.15. The molecule has 0 unspecified atom stereocenters. The van der Waals surface area contributed by atoms with Gasteiger partial charge in [-0.25, -0.2) is 4.39 Å². The van der Waals surface area contributed by atoms with Gasteiger partial charge in [-0.05, 0) is 62.2 Å². The number of hydrogen-bond donors (Lipinski definition) is 0. The molecule has 0 spiro atoms. The molecular weight excluding hydrogens is 391 g/mol. The van der Waals surface area contributed by atoms with Crippen molar-refractivity contribution >= 4 is 28.5 Å². The van der Waals surface area contributed by atoms with Crippen LogP contribution in [0.15, 0.2) is 46.9 Å². The van der Waals surface area contributed by atoms with Crippen LogP contribution in [0.3, 0.4) is 0 Å². The number of carbonyl (C=O) groups is 1. The first kappa shape index (κ1) is 19.9. The topological polar surface area (TPSA) is 36.7 Å². The molecule has 0 bridgehead atoms. The first-order chi connectivity index (χ1) is 13.8. The minimum atomic E-state index is -0.229. The van der Waals surface area contributed by atoms with Crippen LogP contribution in [0, 0.1) is 12.7 Å². The van der Waals surface area contributed by atoms with Crippen molar-refractivity contribution in [2.24, 2.45) is 0 Å². The van der Waals surface area contributed by atoms with Gasteiger partial charge in [-0.1, -0.05) is 23.7 Å². The number of piperazine rings is 1. The third-order valence-electron chi connectivity index (χ3n) is 5.68. The average Bonchev–Trinajstić information content (AvgIpc) is 3.08. The highest BCUT2D eigenvalue weighted by Crippen LogP contribution is 2.28. The van der Waals surface area contributed by atoms with E-state index in [2.05, 4.69) is 11.8 Å². The van der Waals surface area contributed by atoms with E-state index < -0.39 is 0 Å². The second-order valence-electron chi connectivity index (χ2n) is 7.96. The number of fused-ring (bicyclic) bond motifs is 1. The first-order valence-corrected chi connectivity index (χ1v) is 10.2. The smallest absolute Gasteiger partial charge is 0.289 e. The summed E-state index contributed by atoms with van der Waals surface area (Å²) in [4.78, 5) is 17.3. The maximum atomic E-state index is 13.2. The van der Waals surface area contributed by atoms with Crippen molar-refractivity contribution in [2.45, 2.75) is 39.4 Å². The third kappa shape index (κ3) is 4.02. The number of aryl methyl sites for hydroxylation is 1. The lowest BCUT2D eigenvalue weighted by Gasteiger charge is -2.43. The van der Waals surface area contributed by atoms with E-state index in [9.17, 15) is 9.18 Å². The zero-order chi connectivity index (χ0) is 20.7. The Kier molecular flexibility index (Phi) is 5.36. The Morgan fingerprint density at radius 1 is 1.14 bits per heavy atom. The molecule has 2 atom stereocenters. The fourth-order valence-electron chi connectivity index (χ4n) is 3.93. The summed E-state index contributed by atoms with van der Waals surface area (Å²) in [6, 6.07) is 12.3. The van der Waals surface area contributed by atoms with Crippen LogP contribution in [0.25, 0.3) is 11.0 Å². The fourth-order valence-corrected chi connectivity index (χ4v) is 4.11. The van der Waals surface area contributed by atoms with Crippen molar-refractivity contribution < 1.29 is 13.6 Å². The highest BCUT2D eigenvalue weighted by atomic mass is 35.5. The van der Waals surface area contributed by atoms with Gasteiger partial charge in [0.15, 0.2) is 5.76 Å². The van der Waals surface area contributed by atoms with Crippen LogP contribution < -0.4 is 0 Å². The summed E-state index contributed by atoms with van der Waals surface area (Å²) in [5, 5.41) is 1.49. The molecule has 29 heavy (non-hydrogen) atoms. The number of halogens is 2. The van der Waals surface area contributed by atoms with Crippen molar-refractivity contribution in [3.8, 4) is 0 Å². The van der Waals surface area contributed by atoms with Gasteiger partial charge in [0.25, 0.3) is 5.91 Å². The molecule has 2 aromatic carbocycles. The lowest BCUT2D eigenvalue weighted by Crippen LogP contribution is -2.57. The van der Waals surface area contributed by atoms with Gasteiger partial charge in [0, 0.05) is 42.1 Å². The molecule has 1 aromatic heterocycles. The van der Waals surface area contributed by atoms with Crippen LogP contribution >= 0.6 is 11.6 Å². The summed E-state index contributed by atoms with van der Waals surface area (Å²) in [6.07, 6.45) is 0. The standard InChI is InChI=1S/C23H24ClFN2O2/c1-14-8-21-18(9-20(14)24)10-22(29-21)23(28)27-12-15(2)26(11-16(27)3)13-17-4-6-19(25)7-5-17/h4-10,15-16H,11-13H2,1-3H3/t15-,16+/m1/s1. The van der Waals surface area contributed by atoms with Crippen molar-refractivity contribution in [2.75, 3.05) is 13.1 Å². The Morgan fingerprint density at radius 2 is 1.86 bits per heavy atom. The van der Waals surface area contributed by atoms with Crippen LogP contribution in [-0.4, -0.2) is 40.9 Å². The Morgan fingerprint density at radius 3 is 2.59 bits per heavy atom. The highest BCUT2D eigenvalue weighted by Gasteiger charge is 2.33. The third-order valence-corrected chi connectivity index (χ3v) is 6.09. The van der Waals surface area contributed by atoms with Crippen LogP contribution in [0.4, 0.5) is 4.39 Å². The van der Waals surface area contributed by atoms with Crippen LogP contribution in [0.1, 0.15) is 35.5 Å². The van der Waals surface area contributed by atoms with E-state index in [0.29, 0.717) is 22.9 Å². The van der Waals surface area contributed by atoms with Crippen molar-refractivity contribution in [1.29, 1.82) is 0 Å². The molecule has 0 saturated carbocycles. The number of amides is 1. The number of furan rings is 1. The maximum Gasteiger partial charge on any atom is 0.289 e. The van der Waals surface area contributed by atoms with E-state index in [1.807, 2.05) is 43.0 Å². The average molecular weight is 415 g/mol. The molecule has 0 N–H and O–H groups in total. The molecule has 2 heterocycles. The van der Waals surface area contributed by atoms with Gasteiger partial charge in [0.1, 0.15) is 11.4 Å². The highest BCUT2D eigenvalue weighted by molar-refractivity contribution is 6.32. The lowest BCUT2D eigenvalue weighted by atomic mass is 10.1. The molecule has 1 aliphatic rings. The van der Waals surface area contributed by atoms with Gasteiger partial charge in [0.2, 0.25) is 0 Å². The second-order valence-corrected chi connectivity index (χ2v) is 8.37. The maximum absolute atomic E-state index is 13.2. The Bertz CT molecular complexity index is 1010. The van der Waals surface area contributed by atoms with Gasteiger partial charge in [-0.2, -0.15) is 0 Å². The molecular formula is C23H24ClFN2O2. The number of carbonyl (C=O) groups excluding carboxylic acids is 1. The molecule has 152 valence electrons. The van der Waals surface area contributed by atoms with Crippen molar-refractivity contribution in [3.63, 3.8) is 0 Å². The SMILES string of the molecule is Cc1cc2oc(C(=O)N3C[C@@H](C)N(Cc4ccc(F)cc4)C[C@@H]3C)cc2cc1Cl. The van der Waals surface area contributed by atoms with Gasteiger partial charge in [0.05, 0.1) is 0 Å². The minimum absolute atomic E-state index is 0.0395. The number of benzene rings is 2. The van der Waals surface area contributed by atoms with Gasteiger partial charge < -0.3 is 9.32 Å². The molecule has 1 aliphatic heterocycles. The predicted molar refractivity (Wildman–Crippen MR) is 113 cm³/mol. The van der Waals surface area contributed by atoms with Crippen LogP contribution in [0.2, 0.25) is 5.02 Å². The predicted octanol–water partition coefficient (Wildman–Crippen LogP) is 5.27. The summed E-state index contributed by atoms with van der Waals surface area (Å²) in [5.74, 6) is 0.0105. The molecule has 1 amide bonds. The monoisotopic (exact) mass is 414 g/mol. The molecule has 3 aromatic rings. The van der Waals surface area contributed by atoms with Crippen molar-refractivity contribution in [1.82, 2.24) is 9.80 Å². The summed E-state index contributed by atoms with van der Waals surface area (Å²) in [5.41, 5.74) is 2.66. The zero-order valence-electron chi connectivity index (χ0n) is 16.8. The van der Waals surface area contributed by atoms with Crippen LogP contribution in [-0.2, 0) is 6.54 Å². The van der Waals surface area contributed by atoms with E-state index in [1.54, 1.807) is 6.07 Å².